The van der Waals surface area contributed by atoms with Crippen molar-refractivity contribution in [2.75, 3.05) is 26.7 Å². The Morgan fingerprint density at radius 1 is 1.29 bits per heavy atom. The molecule has 0 unspecified atom stereocenters. The maximum absolute atomic E-state index is 12.4. The van der Waals surface area contributed by atoms with Gasteiger partial charge in [0.1, 0.15) is 0 Å². The minimum absolute atomic E-state index is 0.0875. The molecule has 0 radical (unpaired) electrons. The Kier molecular flexibility index (Phi) is 4.92. The van der Waals surface area contributed by atoms with Gasteiger partial charge in [0, 0.05) is 25.7 Å². The molecule has 1 aliphatic rings. The van der Waals surface area contributed by atoms with Crippen LogP contribution in [0.1, 0.15) is 12.8 Å². The van der Waals surface area contributed by atoms with Crippen LogP contribution in [0.25, 0.3) is 0 Å². The number of benzene rings is 1. The van der Waals surface area contributed by atoms with Crippen LogP contribution in [-0.2, 0) is 10.0 Å². The van der Waals surface area contributed by atoms with Gasteiger partial charge in [0.25, 0.3) is 5.69 Å². The molecule has 1 N–H and O–H groups in total. The zero-order valence-corrected chi connectivity index (χ0v) is 12.7. The molecule has 1 fully saturated rings. The second-order valence-electron chi connectivity index (χ2n) is 5.23. The van der Waals surface area contributed by atoms with Crippen LogP contribution in [-0.4, -0.2) is 44.3 Å². The molecule has 2 rings (SSSR count). The molecule has 0 spiro atoms. The maximum Gasteiger partial charge on any atom is 0.269 e. The first-order chi connectivity index (χ1) is 9.91. The highest BCUT2D eigenvalue weighted by Crippen LogP contribution is 2.21. The molecule has 0 atom stereocenters. The third-order valence-corrected chi connectivity index (χ3v) is 5.57. The van der Waals surface area contributed by atoms with Gasteiger partial charge in [-0.25, -0.2) is 12.7 Å². The highest BCUT2D eigenvalue weighted by Gasteiger charge is 2.25. The predicted molar refractivity (Wildman–Crippen MR) is 78.5 cm³/mol. The molecule has 116 valence electrons. The second-order valence-corrected chi connectivity index (χ2v) is 7.27. The third-order valence-electron chi connectivity index (χ3n) is 3.73. The largest absolute Gasteiger partial charge is 0.317 e. The third kappa shape index (κ3) is 3.78. The van der Waals surface area contributed by atoms with Crippen LogP contribution < -0.4 is 5.32 Å². The van der Waals surface area contributed by atoms with Crippen LogP contribution >= 0.6 is 0 Å². The Labute approximate surface area is 124 Å². The second kappa shape index (κ2) is 6.50. The van der Waals surface area contributed by atoms with Crippen LogP contribution in [0.2, 0.25) is 0 Å². The van der Waals surface area contributed by atoms with Crippen LogP contribution in [0, 0.1) is 16.0 Å². The van der Waals surface area contributed by atoms with Crippen molar-refractivity contribution in [2.24, 2.45) is 5.92 Å². The average Bonchev–Trinajstić information content (AvgIpc) is 2.48. The molecule has 0 bridgehead atoms. The average molecular weight is 313 g/mol. The summed E-state index contributed by atoms with van der Waals surface area (Å²) in [6.45, 7) is 2.30. The highest BCUT2D eigenvalue weighted by atomic mass is 32.2. The quantitative estimate of drug-likeness (QED) is 0.651. The number of hydrogen-bond donors (Lipinski definition) is 1. The van der Waals surface area contributed by atoms with E-state index in [0.29, 0.717) is 12.5 Å². The summed E-state index contributed by atoms with van der Waals surface area (Å²) in [5.41, 5.74) is -0.116. The molecule has 1 aliphatic heterocycles. The Morgan fingerprint density at radius 3 is 2.38 bits per heavy atom. The summed E-state index contributed by atoms with van der Waals surface area (Å²) >= 11 is 0. The number of nitrogens with one attached hydrogen (secondary N) is 1. The minimum atomic E-state index is -3.59. The summed E-state index contributed by atoms with van der Waals surface area (Å²) < 4.78 is 26.2. The number of sulfonamides is 1. The standard InChI is InChI=1S/C13H19N3O4S/c1-15(10-11-6-8-14-9-7-11)21(19,20)13-4-2-12(3-5-13)16(17)18/h2-5,11,14H,6-10H2,1H3. The minimum Gasteiger partial charge on any atom is -0.317 e. The fourth-order valence-electron chi connectivity index (χ4n) is 2.45. The molecule has 1 heterocycles. The van der Waals surface area contributed by atoms with Crippen molar-refractivity contribution in [3.63, 3.8) is 0 Å². The number of piperidine rings is 1. The fraction of sp³-hybridized carbons (Fsp3) is 0.538. The van der Waals surface area contributed by atoms with Crippen molar-refractivity contribution in [1.82, 2.24) is 9.62 Å². The van der Waals surface area contributed by atoms with E-state index in [1.165, 1.54) is 28.6 Å². The van der Waals surface area contributed by atoms with Crippen LogP contribution in [0.3, 0.4) is 0 Å². The van der Waals surface area contributed by atoms with E-state index in [1.54, 1.807) is 7.05 Å². The zero-order chi connectivity index (χ0) is 15.5. The van der Waals surface area contributed by atoms with E-state index < -0.39 is 14.9 Å². The lowest BCUT2D eigenvalue weighted by Crippen LogP contribution is -2.37. The van der Waals surface area contributed by atoms with Crippen molar-refractivity contribution >= 4 is 15.7 Å². The van der Waals surface area contributed by atoms with Crippen molar-refractivity contribution in [3.05, 3.63) is 34.4 Å². The SMILES string of the molecule is CN(CC1CCNCC1)S(=O)(=O)c1ccc([N+](=O)[O-])cc1. The molecular weight excluding hydrogens is 294 g/mol. The Hall–Kier alpha value is -1.51. The summed E-state index contributed by atoms with van der Waals surface area (Å²) in [4.78, 5) is 10.1. The molecule has 21 heavy (non-hydrogen) atoms. The van der Waals surface area contributed by atoms with Gasteiger partial charge < -0.3 is 5.32 Å². The van der Waals surface area contributed by atoms with E-state index in [-0.39, 0.29) is 10.6 Å². The van der Waals surface area contributed by atoms with Gasteiger partial charge >= 0.3 is 0 Å². The van der Waals surface area contributed by atoms with Crippen LogP contribution in [0.5, 0.6) is 0 Å². The van der Waals surface area contributed by atoms with Crippen molar-refractivity contribution < 1.29 is 13.3 Å². The highest BCUT2D eigenvalue weighted by molar-refractivity contribution is 7.89. The van der Waals surface area contributed by atoms with Crippen molar-refractivity contribution in [2.45, 2.75) is 17.7 Å². The van der Waals surface area contributed by atoms with E-state index in [2.05, 4.69) is 5.32 Å². The fourth-order valence-corrected chi connectivity index (χ4v) is 3.69. The normalized spacial score (nSPS) is 17.0. The summed E-state index contributed by atoms with van der Waals surface area (Å²) in [7, 11) is -2.04. The van der Waals surface area contributed by atoms with E-state index in [9.17, 15) is 18.5 Å². The molecule has 8 heteroatoms. The van der Waals surface area contributed by atoms with Gasteiger partial charge in [-0.15, -0.1) is 0 Å². The van der Waals surface area contributed by atoms with Gasteiger partial charge in [-0.1, -0.05) is 0 Å². The van der Waals surface area contributed by atoms with E-state index in [0.717, 1.165) is 25.9 Å². The molecule has 1 aromatic rings. The lowest BCUT2D eigenvalue weighted by Gasteiger charge is -2.27. The first-order valence-electron chi connectivity index (χ1n) is 6.83. The van der Waals surface area contributed by atoms with Gasteiger partial charge in [0.05, 0.1) is 9.82 Å². The first kappa shape index (κ1) is 15.9. The van der Waals surface area contributed by atoms with Gasteiger partial charge in [-0.05, 0) is 44.0 Å². The Balaban J connectivity index is 2.10. The monoisotopic (exact) mass is 313 g/mol. The molecular formula is C13H19N3O4S. The topological polar surface area (TPSA) is 92.6 Å². The summed E-state index contributed by atoms with van der Waals surface area (Å²) in [5.74, 6) is 0.351. The molecule has 0 amide bonds. The summed E-state index contributed by atoms with van der Waals surface area (Å²) in [5, 5.41) is 13.8. The first-order valence-corrected chi connectivity index (χ1v) is 8.27. The van der Waals surface area contributed by atoms with Gasteiger partial charge in [-0.3, -0.25) is 10.1 Å². The van der Waals surface area contributed by atoms with Gasteiger partial charge in [0.2, 0.25) is 10.0 Å². The van der Waals surface area contributed by atoms with Crippen molar-refractivity contribution in [1.29, 1.82) is 0 Å². The molecule has 0 aromatic heterocycles. The number of nitro benzene ring substituents is 1. The number of nitro groups is 1. The van der Waals surface area contributed by atoms with Gasteiger partial charge in [-0.2, -0.15) is 0 Å². The maximum atomic E-state index is 12.4. The number of rotatable bonds is 5. The number of non-ortho nitro benzene ring substituents is 1. The Bertz CT molecular complexity index is 594. The molecule has 1 aromatic carbocycles. The van der Waals surface area contributed by atoms with E-state index in [1.807, 2.05) is 0 Å². The molecule has 7 nitrogen and oxygen atoms in total. The lowest BCUT2D eigenvalue weighted by molar-refractivity contribution is -0.384. The van der Waals surface area contributed by atoms with Crippen LogP contribution in [0.15, 0.2) is 29.2 Å². The zero-order valence-electron chi connectivity index (χ0n) is 11.9. The summed E-state index contributed by atoms with van der Waals surface area (Å²) in [6, 6.07) is 5.00. The van der Waals surface area contributed by atoms with E-state index in [4.69, 9.17) is 0 Å². The Morgan fingerprint density at radius 2 is 1.86 bits per heavy atom. The molecule has 0 saturated carbocycles. The molecule has 0 aliphatic carbocycles. The van der Waals surface area contributed by atoms with Crippen LogP contribution in [0.4, 0.5) is 5.69 Å². The van der Waals surface area contributed by atoms with Gasteiger partial charge in [0.15, 0.2) is 0 Å². The lowest BCUT2D eigenvalue weighted by atomic mass is 9.98. The molecule has 1 saturated heterocycles. The number of hydrogen-bond acceptors (Lipinski definition) is 5. The predicted octanol–water partition coefficient (Wildman–Crippen LogP) is 1.21. The number of nitrogens with zero attached hydrogens (tertiary/aromatic N) is 2. The summed E-state index contributed by atoms with van der Waals surface area (Å²) in [6.07, 6.45) is 1.92. The van der Waals surface area contributed by atoms with Crippen molar-refractivity contribution in [3.8, 4) is 0 Å². The van der Waals surface area contributed by atoms with E-state index >= 15 is 0 Å². The smallest absolute Gasteiger partial charge is 0.269 e.